The zero-order valence-corrected chi connectivity index (χ0v) is 38.8. The second kappa shape index (κ2) is 19.8. The molecule has 1 unspecified atom stereocenters. The van der Waals surface area contributed by atoms with E-state index in [4.69, 9.17) is 24.9 Å². The van der Waals surface area contributed by atoms with Crippen molar-refractivity contribution < 1.29 is 59.4 Å². The van der Waals surface area contributed by atoms with Crippen LogP contribution in [0.15, 0.2) is 60.7 Å². The summed E-state index contributed by atoms with van der Waals surface area (Å²) in [5.74, 6) is -3.29. The number of ether oxygens (including phenoxy) is 3. The number of aromatic nitrogens is 1. The van der Waals surface area contributed by atoms with Crippen LogP contribution in [0.25, 0.3) is 22.0 Å². The normalized spacial score (nSPS) is 22.1. The SMILES string of the molecule is COc1ccc2c(O[C@@H]3C[C@@H](C(N)=O)N(C(=O)[C@@H](NC(=O)OC(C)(C)C(F)(F)F)[C@H](C)C[C@@H](C)CC/C=C\[C@@H]4CCCC4C(=O)NS(=O)(=O)C4(C)CC4)C3)nc(-c3ccc(F)cc3)cc2c1. The molecular weight excluding hydrogens is 887 g/mol. The molecule has 2 heterocycles. The van der Waals surface area contributed by atoms with Gasteiger partial charge < -0.3 is 30.2 Å². The summed E-state index contributed by atoms with van der Waals surface area (Å²) in [6.07, 6.45) is 1.10. The largest absolute Gasteiger partial charge is 0.497 e. The van der Waals surface area contributed by atoms with Crippen LogP contribution in [-0.4, -0.2) is 90.5 Å². The number of nitrogens with zero attached hydrogens (tertiary/aromatic N) is 2. The van der Waals surface area contributed by atoms with Crippen molar-refractivity contribution >= 4 is 44.6 Å². The van der Waals surface area contributed by atoms with Gasteiger partial charge in [0, 0.05) is 23.3 Å². The molecule has 3 fully saturated rings. The minimum absolute atomic E-state index is 0.0741. The first-order valence-electron chi connectivity index (χ1n) is 22.2. The molecule has 2 aliphatic carbocycles. The van der Waals surface area contributed by atoms with E-state index in [1.807, 2.05) is 19.1 Å². The number of carbonyl (C=O) groups is 4. The fourth-order valence-corrected chi connectivity index (χ4v) is 9.98. The Morgan fingerprint density at radius 3 is 2.38 bits per heavy atom. The molecule has 6 rings (SSSR count). The Balaban J connectivity index is 1.17. The van der Waals surface area contributed by atoms with Gasteiger partial charge in [0.05, 0.1) is 24.1 Å². The number of sulfonamides is 1. The highest BCUT2D eigenvalue weighted by Crippen LogP contribution is 2.43. The van der Waals surface area contributed by atoms with Crippen molar-refractivity contribution in [3.05, 3.63) is 66.5 Å². The highest BCUT2D eigenvalue weighted by Gasteiger charge is 2.53. The topological polar surface area (TPSA) is 196 Å². The molecule has 2 aromatic carbocycles. The molecule has 0 bridgehead atoms. The van der Waals surface area contributed by atoms with Crippen LogP contribution in [0.5, 0.6) is 11.6 Å². The molecule has 7 atom stereocenters. The number of likely N-dealkylation sites (tertiary alicyclic amines) is 1. The van der Waals surface area contributed by atoms with Gasteiger partial charge in [-0.15, -0.1) is 0 Å². The molecule has 360 valence electrons. The van der Waals surface area contributed by atoms with Crippen molar-refractivity contribution in [3.63, 3.8) is 0 Å². The highest BCUT2D eigenvalue weighted by molar-refractivity contribution is 7.91. The third-order valence-corrected chi connectivity index (χ3v) is 15.3. The lowest BCUT2D eigenvalue weighted by Crippen LogP contribution is -2.56. The van der Waals surface area contributed by atoms with Gasteiger partial charge in [-0.05, 0) is 137 Å². The van der Waals surface area contributed by atoms with Crippen LogP contribution in [0.3, 0.4) is 0 Å². The average molecular weight is 946 g/mol. The summed E-state index contributed by atoms with van der Waals surface area (Å²) in [6, 6.07) is 9.99. The number of hydrogen-bond donors (Lipinski definition) is 3. The number of alkyl halides is 3. The first kappa shape index (κ1) is 50.0. The van der Waals surface area contributed by atoms with Gasteiger partial charge in [-0.2, -0.15) is 13.2 Å². The van der Waals surface area contributed by atoms with Crippen molar-refractivity contribution in [1.29, 1.82) is 0 Å². The van der Waals surface area contributed by atoms with E-state index in [-0.39, 0.29) is 30.7 Å². The van der Waals surface area contributed by atoms with Gasteiger partial charge in [-0.3, -0.25) is 19.1 Å². The van der Waals surface area contributed by atoms with Crippen LogP contribution in [0, 0.1) is 29.5 Å². The number of fused-ring (bicyclic) bond motifs is 1. The molecule has 0 radical (unpaired) electrons. The van der Waals surface area contributed by atoms with Crippen molar-refractivity contribution in [2.75, 3.05) is 13.7 Å². The summed E-state index contributed by atoms with van der Waals surface area (Å²) < 4.78 is 98.7. The fraction of sp³-hybridized carbons (Fsp3) is 0.553. The Bertz CT molecular complexity index is 2430. The van der Waals surface area contributed by atoms with E-state index in [1.54, 1.807) is 50.2 Å². The lowest BCUT2D eigenvalue weighted by molar-refractivity contribution is -0.244. The van der Waals surface area contributed by atoms with Crippen molar-refractivity contribution in [1.82, 2.24) is 19.9 Å². The average Bonchev–Trinajstić information content (AvgIpc) is 3.62. The molecule has 1 aromatic heterocycles. The zero-order valence-electron chi connectivity index (χ0n) is 38.0. The number of primary amides is 1. The van der Waals surface area contributed by atoms with Gasteiger partial charge in [-0.1, -0.05) is 32.4 Å². The predicted octanol–water partition coefficient (Wildman–Crippen LogP) is 7.73. The number of hydrogen-bond acceptors (Lipinski definition) is 10. The molecule has 19 heteroatoms. The van der Waals surface area contributed by atoms with Gasteiger partial charge in [0.15, 0.2) is 0 Å². The number of rotatable bonds is 18. The highest BCUT2D eigenvalue weighted by atomic mass is 32.2. The Kier molecular flexibility index (Phi) is 15.0. The van der Waals surface area contributed by atoms with Gasteiger partial charge in [0.1, 0.15) is 29.8 Å². The number of allylic oxidation sites excluding steroid dienone is 2. The first-order valence-corrected chi connectivity index (χ1v) is 23.7. The van der Waals surface area contributed by atoms with Crippen LogP contribution >= 0.6 is 0 Å². The number of pyridine rings is 1. The standard InChI is InChI=1S/C47H59F4N5O9S/c1-27(10-7-8-11-29-12-9-13-35(29)41(58)55-66(61,62)46(5)20-21-46)22-28(2)39(54-44(60)65-45(3,4)47(49,50)51)43(59)56-26-34(25-38(56)40(52)57)64-42-36-19-18-33(63-6)23-31(36)24-37(53-42)30-14-16-32(48)17-15-30/h8,11,14-19,23-24,27-29,34-35,38-39H,7,9-10,12-13,20-22,25-26H2,1-6H3,(H2,52,57)(H,54,60)(H,55,58)/b11-8-/t27-,28+,29+,34+,35?,38-,39-/m0/s1. The quantitative estimate of drug-likeness (QED) is 0.0839. The van der Waals surface area contributed by atoms with E-state index in [9.17, 15) is 45.2 Å². The Morgan fingerprint density at radius 1 is 1.05 bits per heavy atom. The van der Waals surface area contributed by atoms with Crippen molar-refractivity contribution in [2.45, 2.75) is 127 Å². The molecule has 3 aromatic rings. The number of halogens is 4. The van der Waals surface area contributed by atoms with Crippen LogP contribution in [0.2, 0.25) is 0 Å². The maximum absolute atomic E-state index is 14.6. The van der Waals surface area contributed by atoms with Crippen LogP contribution in [0.4, 0.5) is 22.4 Å². The zero-order chi connectivity index (χ0) is 48.4. The minimum atomic E-state index is -4.93. The number of benzene rings is 2. The molecule has 1 saturated heterocycles. The summed E-state index contributed by atoms with van der Waals surface area (Å²) in [4.78, 5) is 59.7. The molecule has 1 aliphatic heterocycles. The lowest BCUT2D eigenvalue weighted by atomic mass is 9.87. The van der Waals surface area contributed by atoms with Gasteiger partial charge in [0.25, 0.3) is 0 Å². The molecule has 4 amide bonds. The van der Waals surface area contributed by atoms with E-state index in [0.29, 0.717) is 80.2 Å². The molecule has 66 heavy (non-hydrogen) atoms. The first-order chi connectivity index (χ1) is 30.9. The Morgan fingerprint density at radius 2 is 1.74 bits per heavy atom. The third kappa shape index (κ3) is 11.6. The second-order valence-electron chi connectivity index (χ2n) is 18.8. The summed E-state index contributed by atoms with van der Waals surface area (Å²) in [5, 5.41) is 3.61. The number of methoxy groups -OCH3 is 1. The number of carbonyl (C=O) groups excluding carboxylic acids is 4. The Labute approximate surface area is 382 Å². The molecule has 4 N–H and O–H groups in total. The van der Waals surface area contributed by atoms with Gasteiger partial charge in [-0.25, -0.2) is 22.6 Å². The lowest BCUT2D eigenvalue weighted by Gasteiger charge is -2.33. The maximum atomic E-state index is 14.6. The molecular formula is C47H59F4N5O9S. The molecule has 0 spiro atoms. The molecule has 14 nitrogen and oxygen atoms in total. The Hall–Kier alpha value is -5.46. The van der Waals surface area contributed by atoms with Gasteiger partial charge >= 0.3 is 12.3 Å². The third-order valence-electron chi connectivity index (χ3n) is 13.2. The van der Waals surface area contributed by atoms with Gasteiger partial charge in [0.2, 0.25) is 39.2 Å². The monoisotopic (exact) mass is 945 g/mol. The number of nitrogens with one attached hydrogen (secondary N) is 2. The fourth-order valence-electron chi connectivity index (χ4n) is 8.68. The van der Waals surface area contributed by atoms with Crippen LogP contribution in [0.1, 0.15) is 92.4 Å². The number of nitrogens with two attached hydrogens (primary N) is 1. The van der Waals surface area contributed by atoms with E-state index in [1.165, 1.54) is 19.2 Å². The smallest absolute Gasteiger partial charge is 0.427 e. The van der Waals surface area contributed by atoms with E-state index in [0.717, 1.165) is 17.7 Å². The van der Waals surface area contributed by atoms with Crippen LogP contribution in [-0.2, 0) is 29.1 Å². The maximum Gasteiger partial charge on any atom is 0.427 e. The molecule has 2 saturated carbocycles. The van der Waals surface area contributed by atoms with E-state index >= 15 is 0 Å². The summed E-state index contributed by atoms with van der Waals surface area (Å²) in [7, 11) is -2.25. The van der Waals surface area contributed by atoms with Crippen LogP contribution < -0.4 is 25.2 Å². The summed E-state index contributed by atoms with van der Waals surface area (Å²) >= 11 is 0. The van der Waals surface area contributed by atoms with E-state index < -0.39 is 86.2 Å². The number of alkyl carbamates (subject to hydrolysis) is 1. The summed E-state index contributed by atoms with van der Waals surface area (Å²) in [6.45, 7) is 6.37. The summed E-state index contributed by atoms with van der Waals surface area (Å²) in [5.41, 5.74) is 3.97. The van der Waals surface area contributed by atoms with Crippen molar-refractivity contribution in [2.24, 2.45) is 29.4 Å². The van der Waals surface area contributed by atoms with Crippen molar-refractivity contribution in [3.8, 4) is 22.9 Å². The second-order valence-corrected chi connectivity index (χ2v) is 21.0. The molecule has 3 aliphatic rings. The number of amides is 4. The minimum Gasteiger partial charge on any atom is -0.497 e. The predicted molar refractivity (Wildman–Crippen MR) is 238 cm³/mol. The van der Waals surface area contributed by atoms with E-state index in [2.05, 4.69) is 10.0 Å².